The van der Waals surface area contributed by atoms with Gasteiger partial charge in [-0.25, -0.2) is 0 Å². The van der Waals surface area contributed by atoms with Crippen LogP contribution in [0.5, 0.6) is 0 Å². The molecule has 0 aromatic heterocycles. The predicted octanol–water partition coefficient (Wildman–Crippen LogP) is 6.53. The second kappa shape index (κ2) is 4.89. The molecular weight excluding hydrogens is 284 g/mol. The van der Waals surface area contributed by atoms with E-state index in [-0.39, 0.29) is 16.2 Å². The van der Waals surface area contributed by atoms with Crippen molar-refractivity contribution < 1.29 is 0 Å². The first-order chi connectivity index (χ1) is 10.2. The zero-order valence-corrected chi connectivity index (χ0v) is 15.3. The zero-order valence-electron chi connectivity index (χ0n) is 14.5. The van der Waals surface area contributed by atoms with E-state index >= 15 is 0 Å². The Balaban J connectivity index is 2.48. The van der Waals surface area contributed by atoms with Crippen LogP contribution in [-0.2, 0) is 5.41 Å². The van der Waals surface area contributed by atoms with Gasteiger partial charge in [0.05, 0.1) is 0 Å². The lowest BCUT2D eigenvalue weighted by atomic mass is 9.48. The van der Waals surface area contributed by atoms with Crippen molar-refractivity contribution in [2.75, 3.05) is 0 Å². The summed E-state index contributed by atoms with van der Waals surface area (Å²) in [6, 6.07) is 18.0. The summed E-state index contributed by atoms with van der Waals surface area (Å²) in [7, 11) is 0. The Bertz CT molecular complexity index is 637. The van der Waals surface area contributed by atoms with Crippen LogP contribution in [0.3, 0.4) is 0 Å². The summed E-state index contributed by atoms with van der Waals surface area (Å²) in [6.07, 6.45) is 0. The van der Waals surface area contributed by atoms with Crippen LogP contribution in [0.15, 0.2) is 58.3 Å². The molecule has 1 heteroatoms. The Morgan fingerprint density at radius 3 is 1.36 bits per heavy atom. The third-order valence-electron chi connectivity index (χ3n) is 5.05. The highest BCUT2D eigenvalue weighted by atomic mass is 32.2. The zero-order chi connectivity index (χ0) is 16.2. The van der Waals surface area contributed by atoms with Gasteiger partial charge in [-0.2, -0.15) is 0 Å². The topological polar surface area (TPSA) is 0 Å². The number of benzene rings is 2. The molecule has 2 aromatic rings. The van der Waals surface area contributed by atoms with Crippen LogP contribution in [0.1, 0.15) is 52.7 Å². The Morgan fingerprint density at radius 1 is 0.636 bits per heavy atom. The minimum absolute atomic E-state index is 0.00155. The van der Waals surface area contributed by atoms with E-state index < -0.39 is 0 Å². The lowest BCUT2D eigenvalue weighted by Gasteiger charge is -2.57. The Morgan fingerprint density at radius 2 is 1.00 bits per heavy atom. The highest BCUT2D eigenvalue weighted by Crippen LogP contribution is 2.63. The molecule has 0 fully saturated rings. The third-order valence-corrected chi connectivity index (χ3v) is 6.20. The van der Waals surface area contributed by atoms with Crippen LogP contribution in [0.2, 0.25) is 0 Å². The van der Waals surface area contributed by atoms with Crippen LogP contribution < -0.4 is 0 Å². The van der Waals surface area contributed by atoms with Crippen molar-refractivity contribution in [2.24, 2.45) is 10.8 Å². The average molecular weight is 311 g/mol. The molecule has 1 aliphatic rings. The molecule has 0 saturated carbocycles. The van der Waals surface area contributed by atoms with E-state index in [9.17, 15) is 0 Å². The normalized spacial score (nSPS) is 16.8. The molecule has 116 valence electrons. The van der Waals surface area contributed by atoms with Gasteiger partial charge in [-0.15, -0.1) is 0 Å². The summed E-state index contributed by atoms with van der Waals surface area (Å²) in [6.45, 7) is 14.3. The molecule has 2 aromatic carbocycles. The molecule has 0 radical (unpaired) electrons. The molecule has 0 amide bonds. The second-order valence-electron chi connectivity index (χ2n) is 8.34. The second-order valence-corrected chi connectivity index (χ2v) is 9.43. The van der Waals surface area contributed by atoms with Crippen LogP contribution in [0, 0.1) is 10.8 Å². The molecule has 1 aliphatic heterocycles. The molecule has 0 spiro atoms. The first-order valence-corrected chi connectivity index (χ1v) is 8.88. The van der Waals surface area contributed by atoms with Gasteiger partial charge in [0.25, 0.3) is 0 Å². The van der Waals surface area contributed by atoms with Gasteiger partial charge in [0.2, 0.25) is 0 Å². The van der Waals surface area contributed by atoms with E-state index in [1.807, 2.05) is 11.8 Å². The fourth-order valence-corrected chi connectivity index (χ4v) is 5.93. The molecule has 0 bridgehead atoms. The summed E-state index contributed by atoms with van der Waals surface area (Å²) in [5.74, 6) is 0. The minimum Gasteiger partial charge on any atom is -0.0895 e. The number of hydrogen-bond acceptors (Lipinski definition) is 1. The number of hydrogen-bond donors (Lipinski definition) is 0. The standard InChI is InChI=1S/C21H26S/c1-19(2,3)21(20(4,5)6)15-11-7-9-13-17(15)22-18-14-10-8-12-16(18)21/h7-14H,1-6H3. The van der Waals surface area contributed by atoms with Gasteiger partial charge in [0.15, 0.2) is 0 Å². The molecule has 22 heavy (non-hydrogen) atoms. The van der Waals surface area contributed by atoms with Crippen molar-refractivity contribution in [3.05, 3.63) is 59.7 Å². The lowest BCUT2D eigenvalue weighted by molar-refractivity contribution is 0.0846. The SMILES string of the molecule is CC(C)(C)C1(C(C)(C)C)c2ccccc2Sc2ccccc21. The van der Waals surface area contributed by atoms with E-state index in [0.29, 0.717) is 0 Å². The molecule has 0 nitrogen and oxygen atoms in total. The molecule has 0 saturated heterocycles. The molecule has 0 atom stereocenters. The van der Waals surface area contributed by atoms with E-state index in [1.54, 1.807) is 0 Å². The summed E-state index contributed by atoms with van der Waals surface area (Å²) in [5.41, 5.74) is 3.22. The van der Waals surface area contributed by atoms with Gasteiger partial charge in [0, 0.05) is 15.2 Å². The summed E-state index contributed by atoms with van der Waals surface area (Å²) in [4.78, 5) is 2.82. The average Bonchev–Trinajstić information content (AvgIpc) is 2.41. The Hall–Kier alpha value is -1.21. The van der Waals surface area contributed by atoms with Gasteiger partial charge in [-0.3, -0.25) is 0 Å². The maximum atomic E-state index is 2.39. The summed E-state index contributed by atoms with van der Waals surface area (Å²) < 4.78 is 0. The minimum atomic E-state index is -0.00155. The summed E-state index contributed by atoms with van der Waals surface area (Å²) >= 11 is 1.92. The summed E-state index contributed by atoms with van der Waals surface area (Å²) in [5, 5.41) is 0. The predicted molar refractivity (Wildman–Crippen MR) is 96.7 cm³/mol. The fourth-order valence-electron chi connectivity index (χ4n) is 4.74. The van der Waals surface area contributed by atoms with Gasteiger partial charge in [-0.05, 0) is 34.1 Å². The van der Waals surface area contributed by atoms with Crippen LogP contribution in [0.4, 0.5) is 0 Å². The van der Waals surface area contributed by atoms with Crippen LogP contribution in [-0.4, -0.2) is 0 Å². The van der Waals surface area contributed by atoms with Gasteiger partial charge < -0.3 is 0 Å². The van der Waals surface area contributed by atoms with E-state index in [1.165, 1.54) is 20.9 Å². The third kappa shape index (κ3) is 1.98. The van der Waals surface area contributed by atoms with E-state index in [4.69, 9.17) is 0 Å². The largest absolute Gasteiger partial charge is 0.0895 e. The maximum Gasteiger partial charge on any atom is 0.0321 e. The van der Waals surface area contributed by atoms with Crippen molar-refractivity contribution >= 4 is 11.8 Å². The first kappa shape index (κ1) is 15.7. The Kier molecular flexibility index (Phi) is 3.49. The first-order valence-electron chi connectivity index (χ1n) is 8.06. The quantitative estimate of drug-likeness (QED) is 0.533. The van der Waals surface area contributed by atoms with Gasteiger partial charge in [0.1, 0.15) is 0 Å². The van der Waals surface area contributed by atoms with Crippen molar-refractivity contribution in [3.8, 4) is 0 Å². The van der Waals surface area contributed by atoms with Crippen molar-refractivity contribution in [2.45, 2.75) is 56.7 Å². The Labute approximate surface area is 139 Å². The van der Waals surface area contributed by atoms with Crippen LogP contribution in [0.25, 0.3) is 0 Å². The highest BCUT2D eigenvalue weighted by molar-refractivity contribution is 7.99. The van der Waals surface area contributed by atoms with Crippen LogP contribution >= 0.6 is 11.8 Å². The monoisotopic (exact) mass is 310 g/mol. The van der Waals surface area contributed by atoms with E-state index in [2.05, 4.69) is 90.1 Å². The van der Waals surface area contributed by atoms with E-state index in [0.717, 1.165) is 0 Å². The van der Waals surface area contributed by atoms with Crippen molar-refractivity contribution in [1.82, 2.24) is 0 Å². The van der Waals surface area contributed by atoms with Gasteiger partial charge in [-0.1, -0.05) is 89.7 Å². The molecule has 0 N–H and O–H groups in total. The molecule has 3 rings (SSSR count). The highest BCUT2D eigenvalue weighted by Gasteiger charge is 2.56. The van der Waals surface area contributed by atoms with Crippen molar-refractivity contribution in [1.29, 1.82) is 0 Å². The molecular formula is C21H26S. The number of fused-ring (bicyclic) bond motifs is 2. The number of rotatable bonds is 0. The molecule has 0 unspecified atom stereocenters. The van der Waals surface area contributed by atoms with Crippen molar-refractivity contribution in [3.63, 3.8) is 0 Å². The maximum absolute atomic E-state index is 2.39. The smallest absolute Gasteiger partial charge is 0.0321 e. The van der Waals surface area contributed by atoms with Gasteiger partial charge >= 0.3 is 0 Å². The molecule has 0 aliphatic carbocycles. The fraction of sp³-hybridized carbons (Fsp3) is 0.429. The molecule has 1 heterocycles. The lowest BCUT2D eigenvalue weighted by Crippen LogP contribution is -2.52.